The molecule has 0 atom stereocenters. The van der Waals surface area contributed by atoms with Crippen molar-refractivity contribution in [2.45, 2.75) is 17.3 Å². The maximum atomic E-state index is 6.84. The predicted octanol–water partition coefficient (Wildman–Crippen LogP) is 15.3. The van der Waals surface area contributed by atoms with Crippen LogP contribution in [0.3, 0.4) is 0 Å². The van der Waals surface area contributed by atoms with Crippen LogP contribution in [0.2, 0.25) is 17.3 Å². The Kier molecular flexibility index (Phi) is 10.2. The number of nitrogens with zero attached hydrogens (tertiary/aromatic N) is 3. The van der Waals surface area contributed by atoms with E-state index in [9.17, 15) is 0 Å². The Morgan fingerprint density at radius 1 is 0.508 bits per heavy atom. The molecule has 0 bridgehead atoms. The molecule has 313 valence electrons. The van der Waals surface area contributed by atoms with Gasteiger partial charge in [-0.3, -0.25) is 4.98 Å². The Bertz CT molecular complexity index is 4000. The molecular weight excluding hydrogens is 1030 g/mol. The fourth-order valence-corrected chi connectivity index (χ4v) is 11.7. The Labute approximate surface area is 392 Å². The summed E-state index contributed by atoms with van der Waals surface area (Å²) in [6.07, 6.45) is 2.04. The molecule has 4 aromatic heterocycles. The first kappa shape index (κ1) is 40.9. The van der Waals surface area contributed by atoms with Crippen LogP contribution in [0.4, 0.5) is 0 Å². The van der Waals surface area contributed by atoms with Gasteiger partial charge >= 0.3 is 99.8 Å². The van der Waals surface area contributed by atoms with Crippen molar-refractivity contribution in [3.05, 3.63) is 206 Å². The Morgan fingerprint density at radius 3 is 1.89 bits per heavy atom. The summed E-state index contributed by atoms with van der Waals surface area (Å²) in [5, 5.41) is 14.0. The van der Waals surface area contributed by atoms with Crippen molar-refractivity contribution in [2.24, 2.45) is 0 Å². The van der Waals surface area contributed by atoms with Gasteiger partial charge in [0.1, 0.15) is 5.58 Å². The van der Waals surface area contributed by atoms with E-state index in [4.69, 9.17) is 9.40 Å². The van der Waals surface area contributed by atoms with Gasteiger partial charge in [0, 0.05) is 41.8 Å². The van der Waals surface area contributed by atoms with Gasteiger partial charge in [-0.1, -0.05) is 126 Å². The van der Waals surface area contributed by atoms with E-state index >= 15 is 0 Å². The Balaban J connectivity index is 0.000000235. The first-order valence-corrected chi connectivity index (χ1v) is 29.2. The SMILES string of the molecule is [CH3][Ge]([CH3])([CH3])[c]1ccc(-c2[c-]cccc2)nc1.[Ir].[c-]1ccc2c(oc3cc4c(ccc5ccccc54)cc32)c1-c1nc2cccc3c4ccccc4c4ccccc4c4ccccc4n1c23. The second-order valence-corrected chi connectivity index (χ2v) is 28.2. The molecule has 9 aromatic carbocycles. The van der Waals surface area contributed by atoms with Crippen LogP contribution in [-0.4, -0.2) is 27.6 Å². The van der Waals surface area contributed by atoms with Crippen molar-refractivity contribution >= 4 is 110 Å². The van der Waals surface area contributed by atoms with Crippen LogP contribution in [0.15, 0.2) is 199 Å². The quantitative estimate of drug-likeness (QED) is 0.101. The minimum Gasteiger partial charge on any atom is -0.501 e. The summed E-state index contributed by atoms with van der Waals surface area (Å²) < 4.78 is 10.6. The molecule has 0 fully saturated rings. The molecule has 0 saturated carbocycles. The van der Waals surface area contributed by atoms with Gasteiger partial charge in [0.25, 0.3) is 0 Å². The van der Waals surface area contributed by atoms with Crippen molar-refractivity contribution in [2.75, 3.05) is 0 Å². The molecule has 0 amide bonds. The first-order chi connectivity index (χ1) is 31.4. The van der Waals surface area contributed by atoms with Crippen LogP contribution >= 0.6 is 0 Å². The predicted molar refractivity (Wildman–Crippen MR) is 272 cm³/mol. The van der Waals surface area contributed by atoms with Gasteiger partial charge in [-0.05, 0) is 67.4 Å². The van der Waals surface area contributed by atoms with Crippen LogP contribution in [0.25, 0.3) is 115 Å². The van der Waals surface area contributed by atoms with Crippen molar-refractivity contribution < 1.29 is 24.5 Å². The number of benzene rings is 9. The number of pyridine rings is 1. The second-order valence-electron chi connectivity index (χ2n) is 17.6. The minimum atomic E-state index is -1.72. The van der Waals surface area contributed by atoms with Gasteiger partial charge in [0.05, 0.1) is 22.4 Å². The standard InChI is InChI=1S/C45H25N2O.C14H16GeN.Ir/c1-2-12-29-27(11-1)23-24-28-25-39-36-19-9-20-37(44(36)48-42(39)26-38(28)29)45-46-40-21-10-18-35-33-16-6-4-14-31(33)30-13-3-5-15-32(30)34-17-7-8-22-41(34)47(45)43(35)40;1-15(2,3)13-9-10-14(16-11-13)12-7-5-4-6-8-12;/h1-19,21-26H;4-7,9-11H,1-3H3;/q2*-1;. The molecule has 0 saturated heterocycles. The molecule has 65 heavy (non-hydrogen) atoms. The average molecular weight is 1070 g/mol. The third-order valence-corrected chi connectivity index (χ3v) is 16.9. The maximum absolute atomic E-state index is 6.84. The van der Waals surface area contributed by atoms with Crippen molar-refractivity contribution in [1.82, 2.24) is 14.4 Å². The van der Waals surface area contributed by atoms with Crippen LogP contribution in [0.5, 0.6) is 0 Å². The summed E-state index contributed by atoms with van der Waals surface area (Å²) in [7, 11) is 0. The van der Waals surface area contributed by atoms with Gasteiger partial charge in [-0.15, -0.1) is 18.2 Å². The smallest absolute Gasteiger partial charge is 0.121 e. The number of furan rings is 1. The van der Waals surface area contributed by atoms with Crippen molar-refractivity contribution in [3.8, 4) is 22.6 Å². The summed E-state index contributed by atoms with van der Waals surface area (Å²) >= 11 is -1.72. The van der Waals surface area contributed by atoms with Gasteiger partial charge in [-0.25, -0.2) is 0 Å². The molecular formula is C59H41GeIrN3O-2. The molecule has 0 aliphatic heterocycles. The number of fused-ring (bicyclic) bond motifs is 13. The van der Waals surface area contributed by atoms with Crippen LogP contribution in [-0.2, 0) is 20.1 Å². The zero-order valence-corrected chi connectivity index (χ0v) is 40.6. The van der Waals surface area contributed by atoms with Gasteiger partial charge in [-0.2, -0.15) is 0 Å². The molecule has 1 radical (unpaired) electrons. The zero-order valence-electron chi connectivity index (χ0n) is 36.1. The number of aromatic nitrogens is 3. The van der Waals surface area contributed by atoms with Crippen LogP contribution in [0, 0.1) is 12.1 Å². The monoisotopic (exact) mass is 1070 g/mol. The van der Waals surface area contributed by atoms with E-state index in [0.29, 0.717) is 0 Å². The van der Waals surface area contributed by atoms with E-state index in [1.807, 2.05) is 36.5 Å². The summed E-state index contributed by atoms with van der Waals surface area (Å²) in [5.41, 5.74) is 7.64. The van der Waals surface area contributed by atoms with Crippen LogP contribution < -0.4 is 4.40 Å². The van der Waals surface area contributed by atoms with Crippen LogP contribution in [0.1, 0.15) is 0 Å². The third kappa shape index (κ3) is 6.94. The first-order valence-electron chi connectivity index (χ1n) is 21.8. The molecule has 13 aromatic rings. The summed E-state index contributed by atoms with van der Waals surface area (Å²) in [4.78, 5) is 9.92. The molecule has 0 N–H and O–H groups in total. The molecule has 0 spiro atoms. The second kappa shape index (κ2) is 16.3. The Morgan fingerprint density at radius 2 is 1.17 bits per heavy atom. The van der Waals surface area contributed by atoms with Gasteiger partial charge in [0.15, 0.2) is 0 Å². The third-order valence-electron chi connectivity index (χ3n) is 12.7. The van der Waals surface area contributed by atoms with E-state index < -0.39 is 13.3 Å². The van der Waals surface area contributed by atoms with Crippen molar-refractivity contribution in [3.63, 3.8) is 0 Å². The zero-order chi connectivity index (χ0) is 42.9. The summed E-state index contributed by atoms with van der Waals surface area (Å²) in [5.74, 6) is 7.95. The normalized spacial score (nSPS) is 11.8. The molecule has 0 unspecified atom stereocenters. The van der Waals surface area contributed by atoms with E-state index in [-0.39, 0.29) is 20.1 Å². The minimum absolute atomic E-state index is 0. The fourth-order valence-electron chi connectivity index (χ4n) is 9.51. The summed E-state index contributed by atoms with van der Waals surface area (Å²) in [6, 6.07) is 73.2. The largest absolute Gasteiger partial charge is 0.501 e. The number of rotatable bonds is 3. The number of imidazole rings is 1. The van der Waals surface area contributed by atoms with E-state index in [2.05, 4.69) is 197 Å². The number of hydrogen-bond acceptors (Lipinski definition) is 3. The molecule has 6 heteroatoms. The van der Waals surface area contributed by atoms with E-state index in [0.717, 1.165) is 71.9 Å². The van der Waals surface area contributed by atoms with Gasteiger partial charge < -0.3 is 8.82 Å². The molecule has 0 aliphatic carbocycles. The summed E-state index contributed by atoms with van der Waals surface area (Å²) in [6.45, 7) is 0. The maximum Gasteiger partial charge on any atom is 0.121 e. The van der Waals surface area contributed by atoms with Gasteiger partial charge in [0.2, 0.25) is 0 Å². The molecule has 4 heterocycles. The topological polar surface area (TPSA) is 43.3 Å². The fraction of sp³-hybridized carbons (Fsp3) is 0.0508. The number of para-hydroxylation sites is 2. The van der Waals surface area contributed by atoms with E-state index in [1.165, 1.54) is 47.5 Å². The van der Waals surface area contributed by atoms with Crippen molar-refractivity contribution in [1.29, 1.82) is 0 Å². The number of hydrogen-bond donors (Lipinski definition) is 0. The Hall–Kier alpha value is -6.89. The molecule has 4 nitrogen and oxygen atoms in total. The molecule has 13 rings (SSSR count). The average Bonchev–Trinajstić information content (AvgIpc) is 3.93. The van der Waals surface area contributed by atoms with E-state index in [1.54, 1.807) is 0 Å². The molecule has 0 aliphatic rings.